The number of nitrogens with zero attached hydrogens (tertiary/aromatic N) is 2. The average molecular weight is 349 g/mol. The Hall–Kier alpha value is -1.63. The van der Waals surface area contributed by atoms with Crippen molar-refractivity contribution in [3.05, 3.63) is 29.8 Å². The Balaban J connectivity index is 1.83. The van der Waals surface area contributed by atoms with E-state index in [1.165, 1.54) is 0 Å². The molecule has 1 aliphatic heterocycles. The molecule has 0 radical (unpaired) electrons. The lowest BCUT2D eigenvalue weighted by Crippen LogP contribution is -2.48. The van der Waals surface area contributed by atoms with E-state index in [0.29, 0.717) is 32.5 Å². The normalized spacial score (nSPS) is 17.8. The molecule has 2 amide bonds. The molecular formula is C19H31N3O3. The van der Waals surface area contributed by atoms with Crippen molar-refractivity contribution in [2.24, 2.45) is 0 Å². The van der Waals surface area contributed by atoms with Gasteiger partial charge in [-0.05, 0) is 51.6 Å². The van der Waals surface area contributed by atoms with E-state index in [4.69, 9.17) is 9.47 Å². The fraction of sp³-hybridized carbons (Fsp3) is 0.632. The number of rotatable bonds is 8. The summed E-state index contributed by atoms with van der Waals surface area (Å²) >= 11 is 0. The summed E-state index contributed by atoms with van der Waals surface area (Å²) in [6, 6.07) is 8.22. The fourth-order valence-corrected chi connectivity index (χ4v) is 2.95. The molecule has 1 aromatic carbocycles. The summed E-state index contributed by atoms with van der Waals surface area (Å²) in [5.74, 6) is 0. The van der Waals surface area contributed by atoms with E-state index < -0.39 is 0 Å². The Morgan fingerprint density at radius 1 is 1.32 bits per heavy atom. The Morgan fingerprint density at radius 2 is 2.12 bits per heavy atom. The summed E-state index contributed by atoms with van der Waals surface area (Å²) in [7, 11) is 4.14. The minimum atomic E-state index is -0.0269. The molecule has 140 valence electrons. The van der Waals surface area contributed by atoms with E-state index in [9.17, 15) is 4.79 Å². The highest BCUT2D eigenvalue weighted by Crippen LogP contribution is 2.17. The standard InChI is InChI=1S/C19H31N3O3/c1-4-24-11-12-25-15-16-7-5-8-17(13-16)20-19(23)22-10-6-9-18(14-22)21(2)3/h5,7-8,13,18H,4,6,9-12,14-15H2,1-3H3,(H,20,23). The second-order valence-corrected chi connectivity index (χ2v) is 6.59. The highest BCUT2D eigenvalue weighted by Gasteiger charge is 2.24. The molecule has 0 spiro atoms. The van der Waals surface area contributed by atoms with Crippen LogP contribution in [0.2, 0.25) is 0 Å². The first-order valence-corrected chi connectivity index (χ1v) is 9.07. The molecule has 0 aromatic heterocycles. The number of likely N-dealkylation sites (N-methyl/N-ethyl adjacent to an activating group) is 1. The van der Waals surface area contributed by atoms with E-state index in [2.05, 4.69) is 24.3 Å². The number of carbonyl (C=O) groups excluding carboxylic acids is 1. The van der Waals surface area contributed by atoms with Crippen LogP contribution in [-0.2, 0) is 16.1 Å². The Labute approximate surface area is 151 Å². The predicted molar refractivity (Wildman–Crippen MR) is 99.9 cm³/mol. The van der Waals surface area contributed by atoms with Gasteiger partial charge in [-0.3, -0.25) is 0 Å². The minimum Gasteiger partial charge on any atom is -0.379 e. The number of nitrogens with one attached hydrogen (secondary N) is 1. The number of benzene rings is 1. The molecule has 1 aromatic rings. The van der Waals surface area contributed by atoms with Crippen molar-refractivity contribution in [3.8, 4) is 0 Å². The van der Waals surface area contributed by atoms with Crippen LogP contribution < -0.4 is 5.32 Å². The Morgan fingerprint density at radius 3 is 2.88 bits per heavy atom. The average Bonchev–Trinajstić information content (AvgIpc) is 2.62. The van der Waals surface area contributed by atoms with E-state index in [-0.39, 0.29) is 6.03 Å². The summed E-state index contributed by atoms with van der Waals surface area (Å²) in [5, 5.41) is 3.01. The number of ether oxygens (including phenoxy) is 2. The number of anilines is 1. The number of piperidine rings is 1. The molecular weight excluding hydrogens is 318 g/mol. The first-order chi connectivity index (χ1) is 12.1. The topological polar surface area (TPSA) is 54.0 Å². The summed E-state index contributed by atoms with van der Waals surface area (Å²) < 4.78 is 10.8. The van der Waals surface area contributed by atoms with E-state index in [1.54, 1.807) is 0 Å². The van der Waals surface area contributed by atoms with E-state index >= 15 is 0 Å². The van der Waals surface area contributed by atoms with Gasteiger partial charge in [-0.15, -0.1) is 0 Å². The third-order valence-electron chi connectivity index (χ3n) is 4.44. The van der Waals surface area contributed by atoms with Gasteiger partial charge in [0.1, 0.15) is 0 Å². The maximum atomic E-state index is 12.5. The zero-order valence-electron chi connectivity index (χ0n) is 15.7. The van der Waals surface area contributed by atoms with Crippen molar-refractivity contribution in [1.82, 2.24) is 9.80 Å². The fourth-order valence-electron chi connectivity index (χ4n) is 2.95. The SMILES string of the molecule is CCOCCOCc1cccc(NC(=O)N2CCCC(N(C)C)C2)c1. The highest BCUT2D eigenvalue weighted by atomic mass is 16.5. The van der Waals surface area contributed by atoms with Crippen molar-refractivity contribution >= 4 is 11.7 Å². The van der Waals surface area contributed by atoms with Gasteiger partial charge in [0, 0.05) is 31.4 Å². The molecule has 1 unspecified atom stereocenters. The molecule has 0 saturated carbocycles. The maximum absolute atomic E-state index is 12.5. The van der Waals surface area contributed by atoms with Gasteiger partial charge in [0.25, 0.3) is 0 Å². The number of hydrogen-bond donors (Lipinski definition) is 1. The second-order valence-electron chi connectivity index (χ2n) is 6.59. The number of likely N-dealkylation sites (tertiary alicyclic amines) is 1. The lowest BCUT2D eigenvalue weighted by Gasteiger charge is -2.36. The van der Waals surface area contributed by atoms with Gasteiger partial charge in [0.2, 0.25) is 0 Å². The van der Waals surface area contributed by atoms with Crippen LogP contribution in [0.3, 0.4) is 0 Å². The smallest absolute Gasteiger partial charge is 0.321 e. The van der Waals surface area contributed by atoms with Gasteiger partial charge in [0.05, 0.1) is 19.8 Å². The third kappa shape index (κ3) is 6.65. The molecule has 2 rings (SSSR count). The van der Waals surface area contributed by atoms with Gasteiger partial charge in [-0.25, -0.2) is 4.79 Å². The number of urea groups is 1. The molecule has 1 N–H and O–H groups in total. The largest absolute Gasteiger partial charge is 0.379 e. The van der Waals surface area contributed by atoms with Crippen LogP contribution in [0.15, 0.2) is 24.3 Å². The molecule has 1 fully saturated rings. The summed E-state index contributed by atoms with van der Waals surface area (Å²) in [5.41, 5.74) is 1.85. The maximum Gasteiger partial charge on any atom is 0.321 e. The summed E-state index contributed by atoms with van der Waals surface area (Å²) in [6.45, 7) is 5.96. The van der Waals surface area contributed by atoms with Crippen LogP contribution in [0.5, 0.6) is 0 Å². The molecule has 25 heavy (non-hydrogen) atoms. The summed E-state index contributed by atoms with van der Waals surface area (Å²) in [6.07, 6.45) is 2.19. The number of amides is 2. The van der Waals surface area contributed by atoms with Crippen molar-refractivity contribution in [1.29, 1.82) is 0 Å². The van der Waals surface area contributed by atoms with Crippen LogP contribution in [0.4, 0.5) is 10.5 Å². The second kappa shape index (κ2) is 10.4. The lowest BCUT2D eigenvalue weighted by molar-refractivity contribution is 0.0453. The molecule has 1 atom stereocenters. The van der Waals surface area contributed by atoms with Gasteiger partial charge < -0.3 is 24.6 Å². The third-order valence-corrected chi connectivity index (χ3v) is 4.44. The molecule has 1 heterocycles. The van der Waals surface area contributed by atoms with E-state index in [1.807, 2.05) is 36.1 Å². The Bertz CT molecular complexity index is 536. The molecule has 1 saturated heterocycles. The minimum absolute atomic E-state index is 0.0269. The zero-order valence-corrected chi connectivity index (χ0v) is 15.7. The van der Waals surface area contributed by atoms with Crippen molar-refractivity contribution in [3.63, 3.8) is 0 Å². The number of hydrogen-bond acceptors (Lipinski definition) is 4. The van der Waals surface area contributed by atoms with Crippen LogP contribution >= 0.6 is 0 Å². The van der Waals surface area contributed by atoms with E-state index in [0.717, 1.165) is 37.2 Å². The monoisotopic (exact) mass is 349 g/mol. The molecule has 0 bridgehead atoms. The lowest BCUT2D eigenvalue weighted by atomic mass is 10.1. The van der Waals surface area contributed by atoms with Crippen LogP contribution in [-0.4, -0.2) is 68.9 Å². The zero-order chi connectivity index (χ0) is 18.1. The summed E-state index contributed by atoms with van der Waals surface area (Å²) in [4.78, 5) is 16.6. The van der Waals surface area contributed by atoms with Crippen molar-refractivity contribution < 1.29 is 14.3 Å². The van der Waals surface area contributed by atoms with Gasteiger partial charge in [-0.2, -0.15) is 0 Å². The highest BCUT2D eigenvalue weighted by molar-refractivity contribution is 5.89. The molecule has 1 aliphatic rings. The quantitative estimate of drug-likeness (QED) is 0.733. The van der Waals surface area contributed by atoms with Crippen LogP contribution in [0.25, 0.3) is 0 Å². The Kier molecular flexibility index (Phi) is 8.18. The molecule has 6 nitrogen and oxygen atoms in total. The first-order valence-electron chi connectivity index (χ1n) is 9.07. The molecule has 6 heteroatoms. The predicted octanol–water partition coefficient (Wildman–Crippen LogP) is 2.80. The first kappa shape index (κ1) is 19.7. The van der Waals surface area contributed by atoms with Gasteiger partial charge in [-0.1, -0.05) is 12.1 Å². The number of carbonyl (C=O) groups is 1. The van der Waals surface area contributed by atoms with Gasteiger partial charge >= 0.3 is 6.03 Å². The molecule has 0 aliphatic carbocycles. The van der Waals surface area contributed by atoms with Crippen LogP contribution in [0.1, 0.15) is 25.3 Å². The van der Waals surface area contributed by atoms with Gasteiger partial charge in [0.15, 0.2) is 0 Å². The van der Waals surface area contributed by atoms with Crippen LogP contribution in [0, 0.1) is 0 Å². The van der Waals surface area contributed by atoms with Crippen molar-refractivity contribution in [2.45, 2.75) is 32.4 Å². The van der Waals surface area contributed by atoms with Crippen molar-refractivity contribution in [2.75, 3.05) is 52.3 Å².